The minimum absolute atomic E-state index is 0.0415. The molecule has 2 N–H and O–H groups in total. The van der Waals surface area contributed by atoms with Crippen LogP contribution in [-0.4, -0.2) is 35.9 Å². The predicted molar refractivity (Wildman–Crippen MR) is 96.0 cm³/mol. The molecule has 0 unspecified atom stereocenters. The molecular formula is C18H16FN3O6. The number of nitro benzene ring substituents is 1. The van der Waals surface area contributed by atoms with Crippen LogP contribution >= 0.6 is 0 Å². The van der Waals surface area contributed by atoms with Crippen molar-refractivity contribution in [3.8, 4) is 0 Å². The largest absolute Gasteiger partial charge is 0.456 e. The zero-order valence-electron chi connectivity index (χ0n) is 14.5. The van der Waals surface area contributed by atoms with E-state index in [0.29, 0.717) is 0 Å². The molecule has 0 aromatic heterocycles. The van der Waals surface area contributed by atoms with Gasteiger partial charge in [0.2, 0.25) is 0 Å². The van der Waals surface area contributed by atoms with Gasteiger partial charge in [0, 0.05) is 29.9 Å². The first-order valence-corrected chi connectivity index (χ1v) is 8.09. The van der Waals surface area contributed by atoms with Gasteiger partial charge in [0.1, 0.15) is 5.82 Å². The molecule has 9 nitrogen and oxygen atoms in total. The number of benzene rings is 2. The summed E-state index contributed by atoms with van der Waals surface area (Å²) in [5.41, 5.74) is 0.293. The average Bonchev–Trinajstić information content (AvgIpc) is 2.66. The van der Waals surface area contributed by atoms with E-state index < -0.39 is 35.1 Å². The highest BCUT2D eigenvalue weighted by Crippen LogP contribution is 2.12. The number of ether oxygens (including phenoxy) is 1. The summed E-state index contributed by atoms with van der Waals surface area (Å²) in [6.45, 7) is -0.591. The summed E-state index contributed by atoms with van der Waals surface area (Å²) in [6, 6.07) is 10.2. The van der Waals surface area contributed by atoms with Gasteiger partial charge in [-0.1, -0.05) is 6.07 Å². The number of rotatable bonds is 8. The fourth-order valence-corrected chi connectivity index (χ4v) is 2.10. The van der Waals surface area contributed by atoms with Crippen LogP contribution in [0.4, 0.5) is 15.8 Å². The number of halogens is 1. The molecule has 2 rings (SSSR count). The molecule has 2 aromatic carbocycles. The monoisotopic (exact) mass is 389 g/mol. The van der Waals surface area contributed by atoms with Crippen LogP contribution in [0.3, 0.4) is 0 Å². The summed E-state index contributed by atoms with van der Waals surface area (Å²) in [5, 5.41) is 15.4. The Hall–Kier alpha value is -3.82. The van der Waals surface area contributed by atoms with Crippen molar-refractivity contribution >= 4 is 29.2 Å². The summed E-state index contributed by atoms with van der Waals surface area (Å²) >= 11 is 0. The lowest BCUT2D eigenvalue weighted by Gasteiger charge is -2.07. The standard InChI is InChI=1S/C18H16FN3O6/c19-13-2-1-3-14(10-13)21-16(23)11-28-17(24)8-9-20-18(25)12-4-6-15(7-5-12)22(26)27/h1-7,10H,8-9,11H2,(H,20,25)(H,21,23). The maximum Gasteiger partial charge on any atom is 0.308 e. The third-order valence-electron chi connectivity index (χ3n) is 3.43. The number of anilines is 1. The second-order valence-electron chi connectivity index (χ2n) is 5.53. The number of esters is 1. The summed E-state index contributed by atoms with van der Waals surface area (Å²) < 4.78 is 17.8. The maximum absolute atomic E-state index is 13.0. The Morgan fingerprint density at radius 2 is 1.82 bits per heavy atom. The number of non-ortho nitro benzene ring substituents is 1. The van der Waals surface area contributed by atoms with Gasteiger partial charge in [0.05, 0.1) is 11.3 Å². The predicted octanol–water partition coefficient (Wildman–Crippen LogP) is 2.04. The fourth-order valence-electron chi connectivity index (χ4n) is 2.10. The van der Waals surface area contributed by atoms with Gasteiger partial charge in [-0.3, -0.25) is 24.5 Å². The average molecular weight is 389 g/mol. The van der Waals surface area contributed by atoms with Gasteiger partial charge in [-0.05, 0) is 30.3 Å². The SMILES string of the molecule is O=C(COC(=O)CCNC(=O)c1ccc([N+](=O)[O-])cc1)Nc1cccc(F)c1. The van der Waals surface area contributed by atoms with Crippen LogP contribution in [0.15, 0.2) is 48.5 Å². The normalized spacial score (nSPS) is 10.0. The van der Waals surface area contributed by atoms with Crippen molar-refractivity contribution in [1.82, 2.24) is 5.32 Å². The van der Waals surface area contributed by atoms with Crippen molar-refractivity contribution in [1.29, 1.82) is 0 Å². The van der Waals surface area contributed by atoms with Crippen molar-refractivity contribution in [3.63, 3.8) is 0 Å². The molecule has 0 aliphatic heterocycles. The van der Waals surface area contributed by atoms with Crippen LogP contribution in [0.1, 0.15) is 16.8 Å². The van der Waals surface area contributed by atoms with E-state index in [-0.39, 0.29) is 29.9 Å². The summed E-state index contributed by atoms with van der Waals surface area (Å²) in [6.07, 6.45) is -0.175. The van der Waals surface area contributed by atoms with Crippen molar-refractivity contribution in [2.75, 3.05) is 18.5 Å². The Labute approximate surface area is 158 Å². The highest BCUT2D eigenvalue weighted by atomic mass is 19.1. The number of nitro groups is 1. The Bertz CT molecular complexity index is 885. The van der Waals surface area contributed by atoms with E-state index in [2.05, 4.69) is 10.6 Å². The van der Waals surface area contributed by atoms with Crippen molar-refractivity contribution < 1.29 is 28.4 Å². The molecule has 0 spiro atoms. The molecule has 0 radical (unpaired) electrons. The quantitative estimate of drug-likeness (QED) is 0.404. The topological polar surface area (TPSA) is 128 Å². The molecule has 2 aromatic rings. The van der Waals surface area contributed by atoms with Gasteiger partial charge >= 0.3 is 5.97 Å². The third kappa shape index (κ3) is 6.48. The van der Waals surface area contributed by atoms with Crippen LogP contribution in [0.5, 0.6) is 0 Å². The summed E-state index contributed by atoms with van der Waals surface area (Å²) in [5.74, 6) is -2.36. The van der Waals surface area contributed by atoms with Crippen molar-refractivity contribution in [2.45, 2.75) is 6.42 Å². The molecule has 28 heavy (non-hydrogen) atoms. The first kappa shape index (κ1) is 20.5. The Morgan fingerprint density at radius 1 is 1.11 bits per heavy atom. The minimum Gasteiger partial charge on any atom is -0.456 e. The lowest BCUT2D eigenvalue weighted by atomic mass is 10.2. The number of nitrogens with one attached hydrogen (secondary N) is 2. The zero-order valence-corrected chi connectivity index (χ0v) is 14.5. The van der Waals surface area contributed by atoms with Crippen LogP contribution in [0.25, 0.3) is 0 Å². The number of amides is 2. The first-order chi connectivity index (χ1) is 13.3. The van der Waals surface area contributed by atoms with Crippen molar-refractivity contribution in [2.24, 2.45) is 0 Å². The molecule has 0 bridgehead atoms. The Morgan fingerprint density at radius 3 is 2.46 bits per heavy atom. The van der Waals surface area contributed by atoms with Crippen LogP contribution in [0.2, 0.25) is 0 Å². The Balaban J connectivity index is 1.68. The number of hydrogen-bond donors (Lipinski definition) is 2. The van der Waals surface area contributed by atoms with E-state index in [9.17, 15) is 28.9 Å². The molecule has 0 atom stereocenters. The van der Waals surface area contributed by atoms with E-state index >= 15 is 0 Å². The smallest absolute Gasteiger partial charge is 0.308 e. The molecule has 0 saturated heterocycles. The van der Waals surface area contributed by atoms with E-state index in [1.165, 1.54) is 42.5 Å². The van der Waals surface area contributed by atoms with Crippen molar-refractivity contribution in [3.05, 3.63) is 70.0 Å². The number of carbonyl (C=O) groups is 3. The molecule has 0 fully saturated rings. The van der Waals surface area contributed by atoms with E-state index in [1.54, 1.807) is 0 Å². The molecule has 0 aliphatic carbocycles. The fraction of sp³-hybridized carbons (Fsp3) is 0.167. The van der Waals surface area contributed by atoms with E-state index in [0.717, 1.165) is 6.07 Å². The number of nitrogens with zero attached hydrogens (tertiary/aromatic N) is 1. The molecule has 0 heterocycles. The lowest BCUT2D eigenvalue weighted by Crippen LogP contribution is -2.27. The Kier molecular flexibility index (Phi) is 7.14. The molecular weight excluding hydrogens is 373 g/mol. The zero-order chi connectivity index (χ0) is 20.5. The van der Waals surface area contributed by atoms with Crippen LogP contribution in [0, 0.1) is 15.9 Å². The summed E-state index contributed by atoms with van der Waals surface area (Å²) in [4.78, 5) is 45.1. The van der Waals surface area contributed by atoms with Crippen LogP contribution < -0.4 is 10.6 Å². The third-order valence-corrected chi connectivity index (χ3v) is 3.43. The second-order valence-corrected chi connectivity index (χ2v) is 5.53. The number of carbonyl (C=O) groups excluding carboxylic acids is 3. The van der Waals surface area contributed by atoms with Gasteiger partial charge in [-0.15, -0.1) is 0 Å². The molecule has 2 amide bonds. The van der Waals surface area contributed by atoms with Gasteiger partial charge in [-0.2, -0.15) is 0 Å². The maximum atomic E-state index is 13.0. The highest BCUT2D eigenvalue weighted by molar-refractivity contribution is 5.95. The highest BCUT2D eigenvalue weighted by Gasteiger charge is 2.11. The molecule has 0 saturated carbocycles. The second kappa shape index (κ2) is 9.76. The molecule has 10 heteroatoms. The van der Waals surface area contributed by atoms with Gasteiger partial charge in [0.15, 0.2) is 6.61 Å². The first-order valence-electron chi connectivity index (χ1n) is 8.09. The lowest BCUT2D eigenvalue weighted by molar-refractivity contribution is -0.384. The van der Waals surface area contributed by atoms with Gasteiger partial charge in [-0.25, -0.2) is 4.39 Å². The van der Waals surface area contributed by atoms with E-state index in [4.69, 9.17) is 4.74 Å². The van der Waals surface area contributed by atoms with E-state index in [1.807, 2.05) is 0 Å². The summed E-state index contributed by atoms with van der Waals surface area (Å²) in [7, 11) is 0. The minimum atomic E-state index is -0.710. The van der Waals surface area contributed by atoms with Gasteiger partial charge in [0.25, 0.3) is 17.5 Å². The molecule has 0 aliphatic rings. The molecule has 146 valence electrons. The number of hydrogen-bond acceptors (Lipinski definition) is 6. The van der Waals surface area contributed by atoms with Crippen LogP contribution in [-0.2, 0) is 14.3 Å². The van der Waals surface area contributed by atoms with Gasteiger partial charge < -0.3 is 15.4 Å².